The van der Waals surface area contributed by atoms with Crippen LogP contribution in [-0.4, -0.2) is 30.0 Å². The zero-order valence-corrected chi connectivity index (χ0v) is 27.6. The first kappa shape index (κ1) is 37.3. The van der Waals surface area contributed by atoms with E-state index in [1.54, 1.807) is 0 Å². The van der Waals surface area contributed by atoms with Crippen molar-refractivity contribution in [3.8, 4) is 0 Å². The maximum atomic E-state index is 12.0. The van der Waals surface area contributed by atoms with E-state index in [0.717, 1.165) is 69.0 Å². The summed E-state index contributed by atoms with van der Waals surface area (Å²) in [7, 11) is 0. The van der Waals surface area contributed by atoms with Crippen molar-refractivity contribution in [1.29, 1.82) is 0 Å². The van der Waals surface area contributed by atoms with Gasteiger partial charge in [0, 0.05) is 51.7 Å². The average Bonchev–Trinajstić information content (AvgIpc) is 2.90. The first-order valence-corrected chi connectivity index (χ1v) is 16.2. The second-order valence-electron chi connectivity index (χ2n) is 13.3. The highest BCUT2D eigenvalue weighted by molar-refractivity contribution is 5.78. The second-order valence-corrected chi connectivity index (χ2v) is 13.3. The molecule has 0 aromatic heterocycles. The summed E-state index contributed by atoms with van der Waals surface area (Å²) in [6.45, 7) is 16.8. The van der Waals surface area contributed by atoms with Crippen LogP contribution in [0, 0.1) is 16.7 Å². The first-order valence-electron chi connectivity index (χ1n) is 16.2. The molecule has 0 saturated heterocycles. The zero-order chi connectivity index (χ0) is 31.6. The van der Waals surface area contributed by atoms with Crippen LogP contribution in [0.15, 0.2) is 24.3 Å². The Kier molecular flexibility index (Phi) is 17.3. The van der Waals surface area contributed by atoms with Crippen LogP contribution in [0.2, 0.25) is 0 Å². The van der Waals surface area contributed by atoms with Crippen molar-refractivity contribution < 1.29 is 19.2 Å². The molecule has 3 amide bonds. The van der Waals surface area contributed by atoms with Crippen molar-refractivity contribution in [2.75, 3.05) is 6.54 Å². The van der Waals surface area contributed by atoms with Crippen molar-refractivity contribution in [3.63, 3.8) is 0 Å². The Bertz CT molecular complexity index is 953. The van der Waals surface area contributed by atoms with Gasteiger partial charge in [0.25, 0.3) is 0 Å². The number of carbonyl (C=O) groups is 4. The highest BCUT2D eigenvalue weighted by Crippen LogP contribution is 2.49. The molecule has 1 aromatic rings. The van der Waals surface area contributed by atoms with Gasteiger partial charge in [-0.2, -0.15) is 0 Å². The Hall–Kier alpha value is -2.70. The molecule has 238 valence electrons. The Balaban J connectivity index is 0.000000422. The molecule has 3 N–H and O–H groups in total. The largest absolute Gasteiger partial charge is 0.356 e. The van der Waals surface area contributed by atoms with Crippen LogP contribution in [0.1, 0.15) is 137 Å². The van der Waals surface area contributed by atoms with Gasteiger partial charge < -0.3 is 16.0 Å². The van der Waals surface area contributed by atoms with Crippen molar-refractivity contribution in [2.45, 2.75) is 139 Å². The maximum Gasteiger partial charge on any atom is 0.220 e. The van der Waals surface area contributed by atoms with Crippen molar-refractivity contribution in [2.24, 2.45) is 16.7 Å². The third-order valence-electron chi connectivity index (χ3n) is 7.69. The Labute approximate surface area is 255 Å². The number of amides is 3. The van der Waals surface area contributed by atoms with Crippen molar-refractivity contribution in [1.82, 2.24) is 16.0 Å². The van der Waals surface area contributed by atoms with E-state index in [4.69, 9.17) is 0 Å². The summed E-state index contributed by atoms with van der Waals surface area (Å²) in [5.74, 6) is 1.19. The highest BCUT2D eigenvalue weighted by atomic mass is 16.2. The van der Waals surface area contributed by atoms with Gasteiger partial charge >= 0.3 is 0 Å². The summed E-state index contributed by atoms with van der Waals surface area (Å²) in [6, 6.07) is 7.91. The van der Waals surface area contributed by atoms with E-state index in [2.05, 4.69) is 43.6 Å². The number of benzene rings is 1. The van der Waals surface area contributed by atoms with Crippen LogP contribution in [0.4, 0.5) is 0 Å². The number of rotatable bonds is 16. The molecule has 7 nitrogen and oxygen atoms in total. The van der Waals surface area contributed by atoms with Crippen LogP contribution >= 0.6 is 0 Å². The summed E-state index contributed by atoms with van der Waals surface area (Å²) in [6.07, 6.45) is 10.0. The lowest BCUT2D eigenvalue weighted by Crippen LogP contribution is -2.43. The molecule has 2 unspecified atom stereocenters. The van der Waals surface area contributed by atoms with Crippen LogP contribution in [0.5, 0.6) is 0 Å². The van der Waals surface area contributed by atoms with Crippen molar-refractivity contribution in [3.05, 3.63) is 35.4 Å². The molecule has 0 aliphatic heterocycles. The number of ketones is 1. The highest BCUT2D eigenvalue weighted by Gasteiger charge is 2.41. The minimum absolute atomic E-state index is 0.0779. The van der Waals surface area contributed by atoms with E-state index in [9.17, 15) is 19.2 Å². The predicted molar refractivity (Wildman–Crippen MR) is 172 cm³/mol. The molecule has 1 fully saturated rings. The lowest BCUT2D eigenvalue weighted by molar-refractivity contribution is -0.123. The summed E-state index contributed by atoms with van der Waals surface area (Å²) in [4.78, 5) is 46.6. The first-order chi connectivity index (χ1) is 19.8. The third kappa shape index (κ3) is 16.1. The van der Waals surface area contributed by atoms with Gasteiger partial charge in [0.2, 0.25) is 17.7 Å². The number of nitrogens with one attached hydrogen (secondary N) is 3. The van der Waals surface area contributed by atoms with Gasteiger partial charge in [-0.15, -0.1) is 0 Å². The Morgan fingerprint density at radius 3 is 1.67 bits per heavy atom. The number of carbonyl (C=O) groups excluding carboxylic acids is 4. The summed E-state index contributed by atoms with van der Waals surface area (Å²) in [5.41, 5.74) is 2.47. The smallest absolute Gasteiger partial charge is 0.220 e. The van der Waals surface area contributed by atoms with E-state index in [0.29, 0.717) is 50.5 Å². The van der Waals surface area contributed by atoms with Gasteiger partial charge in [0.15, 0.2) is 0 Å². The molecule has 2 atom stereocenters. The van der Waals surface area contributed by atoms with Gasteiger partial charge in [-0.05, 0) is 72.8 Å². The van der Waals surface area contributed by atoms with Gasteiger partial charge in [0.1, 0.15) is 5.78 Å². The predicted octanol–water partition coefficient (Wildman–Crippen LogP) is 7.01. The molecule has 0 heterocycles. The number of hydrogen-bond donors (Lipinski definition) is 3. The molecule has 1 aliphatic rings. The molecular formula is C35H59N3O4. The Morgan fingerprint density at radius 1 is 0.714 bits per heavy atom. The molecular weight excluding hydrogens is 526 g/mol. The van der Waals surface area contributed by atoms with E-state index in [1.807, 2.05) is 45.0 Å². The normalized spacial score (nSPS) is 19.2. The summed E-state index contributed by atoms with van der Waals surface area (Å²) < 4.78 is 0. The lowest BCUT2D eigenvalue weighted by Gasteiger charge is -2.47. The van der Waals surface area contributed by atoms with E-state index in [-0.39, 0.29) is 28.6 Å². The van der Waals surface area contributed by atoms with Crippen LogP contribution in [0.25, 0.3) is 0 Å². The Morgan fingerprint density at radius 2 is 1.19 bits per heavy atom. The molecule has 1 aromatic carbocycles. The van der Waals surface area contributed by atoms with E-state index in [1.165, 1.54) is 0 Å². The van der Waals surface area contributed by atoms with Crippen LogP contribution in [0.3, 0.4) is 0 Å². The summed E-state index contributed by atoms with van der Waals surface area (Å²) in [5, 5.41) is 8.88. The monoisotopic (exact) mass is 585 g/mol. The topological polar surface area (TPSA) is 104 Å². The fourth-order valence-electron chi connectivity index (χ4n) is 6.34. The molecule has 1 saturated carbocycles. The average molecular weight is 586 g/mol. The molecule has 2 rings (SSSR count). The fourth-order valence-corrected chi connectivity index (χ4v) is 6.34. The van der Waals surface area contributed by atoms with Gasteiger partial charge in [-0.1, -0.05) is 72.7 Å². The minimum atomic E-state index is 0.0779. The SMILES string of the molecule is CCCC(=O)CC1CC(C)(C)CC(C)(CNC(=O)CCC)C1.CCCC(=O)NCc1cccc(CNC(=O)CCC)c1. The quantitative estimate of drug-likeness (QED) is 0.194. The van der Waals surface area contributed by atoms with Gasteiger partial charge in [-0.25, -0.2) is 0 Å². The maximum absolute atomic E-state index is 12.0. The lowest BCUT2D eigenvalue weighted by atomic mass is 9.60. The molecule has 0 bridgehead atoms. The van der Waals surface area contributed by atoms with Gasteiger partial charge in [0.05, 0.1) is 0 Å². The second kappa shape index (κ2) is 19.5. The minimum Gasteiger partial charge on any atom is -0.356 e. The molecule has 42 heavy (non-hydrogen) atoms. The molecule has 1 aliphatic carbocycles. The third-order valence-corrected chi connectivity index (χ3v) is 7.69. The molecule has 0 radical (unpaired) electrons. The fraction of sp³-hybridized carbons (Fsp3) is 0.714. The number of Topliss-reactive ketones (excluding diaryl/α,β-unsaturated/α-hetero) is 1. The number of hydrogen-bond acceptors (Lipinski definition) is 4. The standard InChI is InChI=1S/C19H35NO2.C16H24N2O2/c1-6-8-16(21)10-15-11-18(3,4)13-19(5,12-15)14-20-17(22)9-7-2;1-3-6-15(19)17-11-13-8-5-9-14(10-13)12-18-16(20)7-4-2/h15H,6-14H2,1-5H3,(H,20,22);5,8-10H,3-4,6-7,11-12H2,1-2H3,(H,17,19)(H,18,20). The van der Waals surface area contributed by atoms with E-state index < -0.39 is 0 Å². The van der Waals surface area contributed by atoms with Crippen molar-refractivity contribution >= 4 is 23.5 Å². The molecule has 0 spiro atoms. The van der Waals surface area contributed by atoms with E-state index >= 15 is 0 Å². The molecule has 7 heteroatoms. The zero-order valence-electron chi connectivity index (χ0n) is 27.6. The summed E-state index contributed by atoms with van der Waals surface area (Å²) >= 11 is 0. The van der Waals surface area contributed by atoms with Gasteiger partial charge in [-0.3, -0.25) is 19.2 Å². The van der Waals surface area contributed by atoms with Crippen LogP contribution in [-0.2, 0) is 32.3 Å². The van der Waals surface area contributed by atoms with Crippen LogP contribution < -0.4 is 16.0 Å².